The molecule has 7 nitrogen and oxygen atoms in total. The number of rotatable bonds is 4. The number of thiophene rings is 1. The molecule has 3 aromatic heterocycles. The van der Waals surface area contributed by atoms with Gasteiger partial charge in [-0.3, -0.25) is 4.79 Å². The van der Waals surface area contributed by atoms with Crippen LogP contribution in [0.25, 0.3) is 21.7 Å². The Hall–Kier alpha value is -3.30. The number of nitrogens with zero attached hydrogens (tertiary/aromatic N) is 4. The Kier molecular flexibility index (Phi) is 4.89. The molecule has 4 heterocycles. The van der Waals surface area contributed by atoms with Crippen molar-refractivity contribution in [3.63, 3.8) is 0 Å². The second-order valence-electron chi connectivity index (χ2n) is 8.91. The van der Waals surface area contributed by atoms with E-state index in [1.54, 1.807) is 27.7 Å². The molecule has 0 spiro atoms. The number of aromatic nitrogens is 4. The van der Waals surface area contributed by atoms with E-state index in [1.807, 2.05) is 49.4 Å². The van der Waals surface area contributed by atoms with Gasteiger partial charge in [0.2, 0.25) is 12.6 Å². The topological polar surface area (TPSA) is 70.7 Å². The largest absolute Gasteiger partial charge is 0.454 e. The van der Waals surface area contributed by atoms with Crippen molar-refractivity contribution in [2.24, 2.45) is 0 Å². The van der Waals surface area contributed by atoms with Crippen molar-refractivity contribution in [1.29, 1.82) is 0 Å². The second-order valence-corrected chi connectivity index (χ2v) is 10.9. The molecule has 35 heavy (non-hydrogen) atoms. The Morgan fingerprint density at radius 2 is 1.91 bits per heavy atom. The molecule has 0 bridgehead atoms. The van der Waals surface area contributed by atoms with Gasteiger partial charge in [0.15, 0.2) is 16.7 Å². The Morgan fingerprint density at radius 1 is 1.06 bits per heavy atom. The number of thioether (sulfide) groups is 1. The normalized spacial score (nSPS) is 14.7. The van der Waals surface area contributed by atoms with Crippen LogP contribution in [-0.2, 0) is 18.6 Å². The van der Waals surface area contributed by atoms with Crippen LogP contribution in [0.2, 0.25) is 0 Å². The highest BCUT2D eigenvalue weighted by atomic mass is 32.2. The Bertz CT molecular complexity index is 1680. The summed E-state index contributed by atoms with van der Waals surface area (Å²) in [6, 6.07) is 14.0. The van der Waals surface area contributed by atoms with E-state index in [0.29, 0.717) is 11.5 Å². The van der Waals surface area contributed by atoms with E-state index in [4.69, 9.17) is 9.47 Å². The van der Waals surface area contributed by atoms with Gasteiger partial charge in [-0.05, 0) is 67.5 Å². The Labute approximate surface area is 209 Å². The first-order valence-electron chi connectivity index (χ1n) is 11.7. The minimum Gasteiger partial charge on any atom is -0.454 e. The van der Waals surface area contributed by atoms with E-state index in [0.717, 1.165) is 62.9 Å². The molecule has 9 heteroatoms. The number of para-hydroxylation sites is 1. The van der Waals surface area contributed by atoms with Gasteiger partial charge in [0.25, 0.3) is 5.56 Å². The zero-order valence-electron chi connectivity index (χ0n) is 19.1. The van der Waals surface area contributed by atoms with Gasteiger partial charge in [0, 0.05) is 10.6 Å². The van der Waals surface area contributed by atoms with Crippen LogP contribution in [0.5, 0.6) is 11.5 Å². The summed E-state index contributed by atoms with van der Waals surface area (Å²) in [5, 5.41) is 10.7. The van der Waals surface area contributed by atoms with Crippen molar-refractivity contribution < 1.29 is 9.47 Å². The molecule has 0 saturated heterocycles. The van der Waals surface area contributed by atoms with Crippen LogP contribution in [0.4, 0.5) is 0 Å². The maximum absolute atomic E-state index is 14.0. The SMILES string of the molecule is Cc1ccccc1-n1c(=O)c2c3c(sc2n2c(SCc4ccc5c(c4)OCO5)nnc12)CCCC3. The summed E-state index contributed by atoms with van der Waals surface area (Å²) < 4.78 is 14.8. The average molecular weight is 503 g/mol. The first kappa shape index (κ1) is 21.0. The average Bonchev–Trinajstić information content (AvgIpc) is 3.60. The zero-order chi connectivity index (χ0) is 23.5. The number of benzene rings is 2. The minimum absolute atomic E-state index is 0.000853. The van der Waals surface area contributed by atoms with E-state index < -0.39 is 0 Å². The monoisotopic (exact) mass is 502 g/mol. The third-order valence-corrected chi connectivity index (χ3v) is 9.03. The van der Waals surface area contributed by atoms with Crippen molar-refractivity contribution in [3.8, 4) is 17.2 Å². The van der Waals surface area contributed by atoms with Crippen LogP contribution in [0.15, 0.2) is 52.4 Å². The van der Waals surface area contributed by atoms with E-state index in [-0.39, 0.29) is 12.4 Å². The maximum atomic E-state index is 14.0. The van der Waals surface area contributed by atoms with Gasteiger partial charge in [-0.15, -0.1) is 21.5 Å². The summed E-state index contributed by atoms with van der Waals surface area (Å²) in [6.07, 6.45) is 4.27. The quantitative estimate of drug-likeness (QED) is 0.311. The van der Waals surface area contributed by atoms with Crippen molar-refractivity contribution in [2.45, 2.75) is 43.5 Å². The third kappa shape index (κ3) is 3.29. The van der Waals surface area contributed by atoms with Gasteiger partial charge in [-0.25, -0.2) is 8.97 Å². The predicted molar refractivity (Wildman–Crippen MR) is 137 cm³/mol. The molecule has 0 radical (unpaired) electrons. The molecule has 0 N–H and O–H groups in total. The zero-order valence-corrected chi connectivity index (χ0v) is 20.7. The van der Waals surface area contributed by atoms with Crippen molar-refractivity contribution in [2.75, 3.05) is 6.79 Å². The van der Waals surface area contributed by atoms with E-state index in [1.165, 1.54) is 16.9 Å². The third-order valence-electron chi connectivity index (χ3n) is 6.75. The van der Waals surface area contributed by atoms with E-state index >= 15 is 0 Å². The summed E-state index contributed by atoms with van der Waals surface area (Å²) in [7, 11) is 0. The highest BCUT2D eigenvalue weighted by molar-refractivity contribution is 7.98. The minimum atomic E-state index is 0.000853. The van der Waals surface area contributed by atoms with Gasteiger partial charge in [0.1, 0.15) is 4.83 Å². The molecule has 1 aliphatic carbocycles. The molecule has 0 atom stereocenters. The van der Waals surface area contributed by atoms with Crippen LogP contribution in [0.1, 0.15) is 34.4 Å². The molecule has 0 fully saturated rings. The highest BCUT2D eigenvalue weighted by Gasteiger charge is 2.26. The molecule has 0 amide bonds. The fourth-order valence-electron chi connectivity index (χ4n) is 5.02. The van der Waals surface area contributed by atoms with Crippen molar-refractivity contribution >= 4 is 39.1 Å². The number of aryl methyl sites for hydroxylation is 3. The smallest absolute Gasteiger partial charge is 0.268 e. The molecule has 0 unspecified atom stereocenters. The number of fused-ring (bicyclic) bond motifs is 6. The first-order valence-corrected chi connectivity index (χ1v) is 13.5. The molecular weight excluding hydrogens is 480 g/mol. The maximum Gasteiger partial charge on any atom is 0.268 e. The summed E-state index contributed by atoms with van der Waals surface area (Å²) in [4.78, 5) is 16.3. The van der Waals surface area contributed by atoms with E-state index in [2.05, 4.69) is 14.6 Å². The lowest BCUT2D eigenvalue weighted by Gasteiger charge is -2.13. The lowest BCUT2D eigenvalue weighted by Crippen LogP contribution is -2.23. The summed E-state index contributed by atoms with van der Waals surface area (Å²) in [6.45, 7) is 2.29. The predicted octanol–water partition coefficient (Wildman–Crippen LogP) is 5.30. The van der Waals surface area contributed by atoms with Gasteiger partial charge < -0.3 is 9.47 Å². The first-order chi connectivity index (χ1) is 17.2. The van der Waals surface area contributed by atoms with Crippen LogP contribution in [0, 0.1) is 6.92 Å². The number of hydrogen-bond donors (Lipinski definition) is 0. The van der Waals surface area contributed by atoms with Gasteiger partial charge in [-0.2, -0.15) is 0 Å². The molecule has 176 valence electrons. The van der Waals surface area contributed by atoms with Gasteiger partial charge in [-0.1, -0.05) is 36.0 Å². The van der Waals surface area contributed by atoms with Crippen LogP contribution < -0.4 is 15.0 Å². The molecular formula is C26H22N4O3S2. The summed E-state index contributed by atoms with van der Waals surface area (Å²) in [5.74, 6) is 2.81. The van der Waals surface area contributed by atoms with E-state index in [9.17, 15) is 4.79 Å². The molecule has 0 saturated carbocycles. The lowest BCUT2D eigenvalue weighted by atomic mass is 9.97. The Balaban J connectivity index is 1.42. The Morgan fingerprint density at radius 3 is 2.83 bits per heavy atom. The van der Waals surface area contributed by atoms with Crippen LogP contribution in [0.3, 0.4) is 0 Å². The van der Waals surface area contributed by atoms with Crippen LogP contribution in [-0.4, -0.2) is 26.0 Å². The standard InChI is InChI=1S/C26H22N4O3S2/c1-15-6-2-4-8-18(15)29-23(31)22-17-7-3-5-9-21(17)35-24(22)30-25(29)27-28-26(30)34-13-16-10-11-19-20(12-16)33-14-32-19/h2,4,6,8,10-12H,3,5,7,9,13-14H2,1H3. The molecule has 7 rings (SSSR count). The summed E-state index contributed by atoms with van der Waals surface area (Å²) in [5.41, 5.74) is 4.20. The molecule has 1 aliphatic heterocycles. The highest BCUT2D eigenvalue weighted by Crippen LogP contribution is 2.38. The van der Waals surface area contributed by atoms with Crippen molar-refractivity contribution in [1.82, 2.24) is 19.2 Å². The lowest BCUT2D eigenvalue weighted by molar-refractivity contribution is 0.174. The van der Waals surface area contributed by atoms with Gasteiger partial charge >= 0.3 is 0 Å². The number of hydrogen-bond acceptors (Lipinski definition) is 7. The van der Waals surface area contributed by atoms with Gasteiger partial charge in [0.05, 0.1) is 11.1 Å². The summed E-state index contributed by atoms with van der Waals surface area (Å²) >= 11 is 3.34. The molecule has 2 aromatic carbocycles. The molecule has 2 aliphatic rings. The van der Waals surface area contributed by atoms with Crippen molar-refractivity contribution in [3.05, 3.63) is 74.4 Å². The molecule has 5 aromatic rings. The second kappa shape index (κ2) is 8.13. The van der Waals surface area contributed by atoms with Crippen LogP contribution >= 0.6 is 23.1 Å². The fraction of sp³-hybridized carbons (Fsp3) is 0.269. The fourth-order valence-corrected chi connectivity index (χ4v) is 7.33. The number of ether oxygens (including phenoxy) is 2.